The molecule has 0 atom stereocenters. The van der Waals surface area contributed by atoms with Gasteiger partial charge in [-0.15, -0.1) is 0 Å². The van der Waals surface area contributed by atoms with Crippen molar-refractivity contribution in [2.75, 3.05) is 0 Å². The first-order chi connectivity index (χ1) is 19.3. The van der Waals surface area contributed by atoms with Crippen molar-refractivity contribution < 1.29 is 0 Å². The first-order valence-electron chi connectivity index (χ1n) is 12.8. The van der Waals surface area contributed by atoms with E-state index in [-0.39, 0.29) is 0 Å². The van der Waals surface area contributed by atoms with E-state index in [0.29, 0.717) is 11.5 Å². The second-order valence-corrected chi connectivity index (χ2v) is 9.47. The lowest BCUT2D eigenvalue weighted by molar-refractivity contribution is 1.18. The average Bonchev–Trinajstić information content (AvgIpc) is 3.42. The number of hydrogen-bond donors (Lipinski definition) is 0. The zero-order valence-corrected chi connectivity index (χ0v) is 20.7. The number of pyridine rings is 1. The molecule has 0 bridgehead atoms. The van der Waals surface area contributed by atoms with Crippen molar-refractivity contribution >= 4 is 38.5 Å². The summed E-state index contributed by atoms with van der Waals surface area (Å²) in [4.78, 5) is 23.5. The number of benzene rings is 4. The predicted octanol–water partition coefficient (Wildman–Crippen LogP) is 7.37. The quantitative estimate of drug-likeness (QED) is 0.237. The summed E-state index contributed by atoms with van der Waals surface area (Å²) in [6.45, 7) is 0. The fourth-order valence-corrected chi connectivity index (χ4v) is 5.34. The minimum absolute atomic E-state index is 0.683. The van der Waals surface area contributed by atoms with Crippen LogP contribution in [-0.2, 0) is 0 Å². The van der Waals surface area contributed by atoms with E-state index in [1.165, 1.54) is 0 Å². The van der Waals surface area contributed by atoms with Crippen LogP contribution in [0.5, 0.6) is 0 Å². The molecule has 6 heteroatoms. The van der Waals surface area contributed by atoms with Gasteiger partial charge < -0.3 is 0 Å². The number of hydrogen-bond acceptors (Lipinski definition) is 5. The molecule has 0 saturated carbocycles. The van der Waals surface area contributed by atoms with Gasteiger partial charge in [-0.1, -0.05) is 91.0 Å². The summed E-state index contributed by atoms with van der Waals surface area (Å²) in [6.07, 6.45) is 3.37. The Balaban J connectivity index is 1.42. The Labute approximate surface area is 223 Å². The zero-order valence-electron chi connectivity index (χ0n) is 20.7. The van der Waals surface area contributed by atoms with Crippen LogP contribution in [0.1, 0.15) is 0 Å². The van der Waals surface area contributed by atoms with Gasteiger partial charge in [-0.25, -0.2) is 24.9 Å². The number of fused-ring (bicyclic) bond motifs is 8. The standard InChI is InChI=1S/C33H20N6/c1-3-9-21(10-4-1)27-18-28(37-31(36-27)22-11-5-2-6-12-22)23-15-16-29-26(17-23)24-13-7-8-14-25(24)33-38-32-30(39(29)33)19-34-20-35-32/h1-20H. The second-order valence-electron chi connectivity index (χ2n) is 9.47. The van der Waals surface area contributed by atoms with E-state index in [1.807, 2.05) is 60.8 Å². The zero-order chi connectivity index (χ0) is 25.8. The van der Waals surface area contributed by atoms with Crippen molar-refractivity contribution in [3.05, 3.63) is 122 Å². The van der Waals surface area contributed by atoms with E-state index in [2.05, 4.69) is 69.0 Å². The topological polar surface area (TPSA) is 68.9 Å². The van der Waals surface area contributed by atoms with Gasteiger partial charge in [0.25, 0.3) is 0 Å². The Morgan fingerprint density at radius 2 is 1.21 bits per heavy atom. The Kier molecular flexibility index (Phi) is 4.72. The van der Waals surface area contributed by atoms with Gasteiger partial charge in [-0.05, 0) is 23.6 Å². The molecule has 0 fully saturated rings. The van der Waals surface area contributed by atoms with Crippen molar-refractivity contribution in [2.45, 2.75) is 0 Å². The summed E-state index contributed by atoms with van der Waals surface area (Å²) in [5, 5.41) is 3.31. The second kappa shape index (κ2) is 8.53. The van der Waals surface area contributed by atoms with E-state index in [0.717, 1.165) is 60.9 Å². The third-order valence-corrected chi connectivity index (χ3v) is 7.16. The molecule has 0 spiro atoms. The van der Waals surface area contributed by atoms with Crippen molar-refractivity contribution in [1.82, 2.24) is 29.3 Å². The maximum atomic E-state index is 5.04. The maximum absolute atomic E-state index is 5.04. The molecular weight excluding hydrogens is 480 g/mol. The fourth-order valence-electron chi connectivity index (χ4n) is 5.34. The van der Waals surface area contributed by atoms with Crippen molar-refractivity contribution in [1.29, 1.82) is 0 Å². The predicted molar refractivity (Wildman–Crippen MR) is 155 cm³/mol. The van der Waals surface area contributed by atoms with Crippen molar-refractivity contribution in [2.24, 2.45) is 0 Å². The SMILES string of the molecule is c1ccc(-c2cc(-c3ccc4c(c3)c3ccccc3c3nc5ncncc5n43)nc(-c3ccccc3)n2)cc1. The van der Waals surface area contributed by atoms with Crippen LogP contribution < -0.4 is 0 Å². The van der Waals surface area contributed by atoms with Gasteiger partial charge in [-0.2, -0.15) is 0 Å². The molecule has 4 aromatic carbocycles. The smallest absolute Gasteiger partial charge is 0.181 e. The maximum Gasteiger partial charge on any atom is 0.181 e. The summed E-state index contributed by atoms with van der Waals surface area (Å²) in [7, 11) is 0. The van der Waals surface area contributed by atoms with Crippen LogP contribution in [0.15, 0.2) is 122 Å². The van der Waals surface area contributed by atoms with Crippen LogP contribution in [0.2, 0.25) is 0 Å². The molecule has 4 heterocycles. The molecule has 0 aliphatic carbocycles. The van der Waals surface area contributed by atoms with Crippen LogP contribution in [-0.4, -0.2) is 29.3 Å². The molecule has 0 aliphatic heterocycles. The molecule has 0 unspecified atom stereocenters. The molecule has 0 aliphatic rings. The molecule has 0 amide bonds. The molecule has 4 aromatic heterocycles. The van der Waals surface area contributed by atoms with Gasteiger partial charge in [0.1, 0.15) is 17.5 Å². The van der Waals surface area contributed by atoms with Crippen molar-refractivity contribution in [3.63, 3.8) is 0 Å². The monoisotopic (exact) mass is 500 g/mol. The third-order valence-electron chi connectivity index (χ3n) is 7.16. The summed E-state index contributed by atoms with van der Waals surface area (Å²) < 4.78 is 2.15. The van der Waals surface area contributed by atoms with Gasteiger partial charge >= 0.3 is 0 Å². The van der Waals surface area contributed by atoms with E-state index < -0.39 is 0 Å². The van der Waals surface area contributed by atoms with E-state index >= 15 is 0 Å². The number of rotatable bonds is 3. The van der Waals surface area contributed by atoms with E-state index in [1.54, 1.807) is 6.33 Å². The molecule has 0 N–H and O–H groups in total. The minimum Gasteiger partial charge on any atom is -0.289 e. The summed E-state index contributed by atoms with van der Waals surface area (Å²) in [5.74, 6) is 0.699. The van der Waals surface area contributed by atoms with Crippen molar-refractivity contribution in [3.8, 4) is 33.9 Å². The van der Waals surface area contributed by atoms with Crippen LogP contribution >= 0.6 is 0 Å². The molecule has 0 saturated heterocycles. The fraction of sp³-hybridized carbons (Fsp3) is 0. The summed E-state index contributed by atoms with van der Waals surface area (Å²) in [6, 6.07) is 37.3. The van der Waals surface area contributed by atoms with Gasteiger partial charge in [0.15, 0.2) is 11.5 Å². The molecular formula is C33H20N6. The Morgan fingerprint density at radius 3 is 2.00 bits per heavy atom. The third kappa shape index (κ3) is 3.46. The number of nitrogens with zero attached hydrogens (tertiary/aromatic N) is 6. The van der Waals surface area contributed by atoms with Crippen LogP contribution in [0.25, 0.3) is 72.4 Å². The molecule has 8 aromatic rings. The van der Waals surface area contributed by atoms with Gasteiger partial charge in [0.2, 0.25) is 0 Å². The highest BCUT2D eigenvalue weighted by molar-refractivity contribution is 6.14. The Morgan fingerprint density at radius 1 is 0.513 bits per heavy atom. The van der Waals surface area contributed by atoms with Crippen LogP contribution in [0.4, 0.5) is 0 Å². The van der Waals surface area contributed by atoms with Gasteiger partial charge in [-0.3, -0.25) is 4.40 Å². The molecule has 6 nitrogen and oxygen atoms in total. The lowest BCUT2D eigenvalue weighted by Crippen LogP contribution is -1.97. The molecule has 39 heavy (non-hydrogen) atoms. The van der Waals surface area contributed by atoms with Crippen LogP contribution in [0.3, 0.4) is 0 Å². The minimum atomic E-state index is 0.683. The normalized spacial score (nSPS) is 11.6. The number of aromatic nitrogens is 6. The summed E-state index contributed by atoms with van der Waals surface area (Å²) in [5.41, 5.74) is 8.30. The average molecular weight is 501 g/mol. The molecule has 0 radical (unpaired) electrons. The highest BCUT2D eigenvalue weighted by Crippen LogP contribution is 2.35. The largest absolute Gasteiger partial charge is 0.289 e. The van der Waals surface area contributed by atoms with Gasteiger partial charge in [0.05, 0.1) is 23.1 Å². The molecule has 182 valence electrons. The highest BCUT2D eigenvalue weighted by Gasteiger charge is 2.16. The van der Waals surface area contributed by atoms with E-state index in [9.17, 15) is 0 Å². The Hall–Kier alpha value is -5.49. The molecule has 8 rings (SSSR count). The van der Waals surface area contributed by atoms with Gasteiger partial charge in [0, 0.05) is 27.5 Å². The lowest BCUT2D eigenvalue weighted by atomic mass is 10.0. The Bertz CT molecular complexity index is 2110. The first-order valence-corrected chi connectivity index (χ1v) is 12.8. The lowest BCUT2D eigenvalue weighted by Gasteiger charge is -2.12. The van der Waals surface area contributed by atoms with E-state index in [4.69, 9.17) is 15.0 Å². The van der Waals surface area contributed by atoms with Crippen LogP contribution in [0, 0.1) is 0 Å². The first kappa shape index (κ1) is 21.6. The highest BCUT2D eigenvalue weighted by atomic mass is 15.1. The summed E-state index contributed by atoms with van der Waals surface area (Å²) >= 11 is 0. The number of imidazole rings is 1.